The van der Waals surface area contributed by atoms with Gasteiger partial charge in [0, 0.05) is 39.2 Å². The van der Waals surface area contributed by atoms with Crippen LogP contribution in [0.25, 0.3) is 0 Å². The van der Waals surface area contributed by atoms with Crippen LogP contribution in [-0.2, 0) is 11.2 Å². The molecule has 0 fully saturated rings. The first-order valence-electron chi connectivity index (χ1n) is 6.10. The summed E-state index contributed by atoms with van der Waals surface area (Å²) in [4.78, 5) is 10.9. The zero-order chi connectivity index (χ0) is 13.4. The number of nitrogens with zero attached hydrogens (tertiary/aromatic N) is 3. The van der Waals surface area contributed by atoms with Crippen molar-refractivity contribution in [3.8, 4) is 0 Å². The Balaban J connectivity index is 2.36. The van der Waals surface area contributed by atoms with Crippen molar-refractivity contribution in [3.63, 3.8) is 0 Å². The Labute approximate surface area is 117 Å². The summed E-state index contributed by atoms with van der Waals surface area (Å²) >= 11 is 3.39. The normalized spacial score (nSPS) is 10.9. The lowest BCUT2D eigenvalue weighted by atomic mass is 10.4. The summed E-state index contributed by atoms with van der Waals surface area (Å²) in [6.07, 6.45) is 0.835. The Morgan fingerprint density at radius 2 is 2.17 bits per heavy atom. The molecule has 0 bridgehead atoms. The molecule has 0 saturated carbocycles. The van der Waals surface area contributed by atoms with Gasteiger partial charge in [0.15, 0.2) is 0 Å². The van der Waals surface area contributed by atoms with E-state index in [0.717, 1.165) is 48.9 Å². The van der Waals surface area contributed by atoms with Gasteiger partial charge in [-0.1, -0.05) is 6.92 Å². The average Bonchev–Trinajstić information content (AvgIpc) is 2.35. The van der Waals surface area contributed by atoms with E-state index in [1.807, 2.05) is 13.0 Å². The number of likely N-dealkylation sites (N-methyl/N-ethyl adjacent to an activating group) is 1. The third-order valence-electron chi connectivity index (χ3n) is 2.53. The van der Waals surface area contributed by atoms with Crippen molar-refractivity contribution in [2.75, 3.05) is 45.7 Å². The number of anilines is 1. The Kier molecular flexibility index (Phi) is 7.15. The lowest BCUT2D eigenvalue weighted by Crippen LogP contribution is -2.28. The van der Waals surface area contributed by atoms with Crippen LogP contribution in [0.4, 0.5) is 5.82 Å². The third-order valence-corrected chi connectivity index (χ3v) is 2.94. The van der Waals surface area contributed by atoms with Gasteiger partial charge in [-0.2, -0.15) is 0 Å². The van der Waals surface area contributed by atoms with Crippen molar-refractivity contribution >= 4 is 21.7 Å². The topological polar surface area (TPSA) is 50.3 Å². The highest BCUT2D eigenvalue weighted by molar-refractivity contribution is 9.10. The average molecular weight is 317 g/mol. The van der Waals surface area contributed by atoms with Crippen LogP contribution in [0.15, 0.2) is 10.7 Å². The Bertz CT molecular complexity index is 362. The second kappa shape index (κ2) is 8.39. The van der Waals surface area contributed by atoms with E-state index in [1.54, 1.807) is 7.11 Å². The summed E-state index contributed by atoms with van der Waals surface area (Å²) in [5.41, 5.74) is 0. The molecule has 1 aromatic heterocycles. The fourth-order valence-electron chi connectivity index (χ4n) is 1.45. The minimum atomic E-state index is 0.759. The van der Waals surface area contributed by atoms with Crippen LogP contribution in [0, 0.1) is 0 Å². The highest BCUT2D eigenvalue weighted by atomic mass is 79.9. The predicted octanol–water partition coefficient (Wildman–Crippen LogP) is 1.79. The van der Waals surface area contributed by atoms with Crippen molar-refractivity contribution in [2.45, 2.75) is 13.3 Å². The molecule has 1 rings (SSSR count). The number of rotatable bonds is 8. The van der Waals surface area contributed by atoms with Crippen LogP contribution < -0.4 is 5.32 Å². The molecule has 0 unspecified atom stereocenters. The zero-order valence-corrected chi connectivity index (χ0v) is 12.8. The summed E-state index contributed by atoms with van der Waals surface area (Å²) in [5.74, 6) is 1.72. The smallest absolute Gasteiger partial charge is 0.131 e. The van der Waals surface area contributed by atoms with Crippen molar-refractivity contribution in [1.29, 1.82) is 0 Å². The van der Waals surface area contributed by atoms with Gasteiger partial charge >= 0.3 is 0 Å². The summed E-state index contributed by atoms with van der Waals surface area (Å²) < 4.78 is 5.86. The molecule has 1 heterocycles. The molecular formula is C12H21BrN4O. The van der Waals surface area contributed by atoms with Gasteiger partial charge in [-0.15, -0.1) is 0 Å². The van der Waals surface area contributed by atoms with Crippen molar-refractivity contribution in [2.24, 2.45) is 0 Å². The molecule has 0 atom stereocenters. The second-order valence-electron chi connectivity index (χ2n) is 4.07. The van der Waals surface area contributed by atoms with E-state index >= 15 is 0 Å². The predicted molar refractivity (Wildman–Crippen MR) is 77.0 cm³/mol. The largest absolute Gasteiger partial charge is 0.383 e. The molecule has 0 saturated heterocycles. The van der Waals surface area contributed by atoms with E-state index in [0.29, 0.717) is 0 Å². The van der Waals surface area contributed by atoms with Gasteiger partial charge in [-0.3, -0.25) is 0 Å². The first-order chi connectivity index (χ1) is 8.65. The monoisotopic (exact) mass is 316 g/mol. The number of hydrogen-bond acceptors (Lipinski definition) is 5. The number of methoxy groups -OCH3 is 1. The molecular weight excluding hydrogens is 296 g/mol. The maximum absolute atomic E-state index is 5.03. The van der Waals surface area contributed by atoms with Gasteiger partial charge < -0.3 is 15.0 Å². The van der Waals surface area contributed by atoms with Crippen molar-refractivity contribution in [1.82, 2.24) is 14.9 Å². The number of aryl methyl sites for hydroxylation is 1. The molecule has 1 aromatic rings. The molecule has 0 radical (unpaired) electrons. The van der Waals surface area contributed by atoms with Gasteiger partial charge in [-0.25, -0.2) is 9.97 Å². The number of aromatic nitrogens is 2. The van der Waals surface area contributed by atoms with Gasteiger partial charge in [0.05, 0.1) is 6.61 Å². The number of halogens is 1. The maximum Gasteiger partial charge on any atom is 0.131 e. The number of nitrogens with one attached hydrogen (secondary N) is 1. The number of hydrogen-bond donors (Lipinski definition) is 1. The van der Waals surface area contributed by atoms with Gasteiger partial charge in [0.25, 0.3) is 0 Å². The second-order valence-corrected chi connectivity index (χ2v) is 4.88. The number of ether oxygens (including phenoxy) is 1. The molecule has 0 amide bonds. The molecule has 0 aliphatic heterocycles. The zero-order valence-electron chi connectivity index (χ0n) is 11.2. The van der Waals surface area contributed by atoms with Crippen LogP contribution >= 0.6 is 15.9 Å². The summed E-state index contributed by atoms with van der Waals surface area (Å²) in [7, 11) is 3.80. The molecule has 6 heteroatoms. The van der Waals surface area contributed by atoms with Crippen LogP contribution in [0.2, 0.25) is 0 Å². The highest BCUT2D eigenvalue weighted by Crippen LogP contribution is 2.12. The van der Waals surface area contributed by atoms with E-state index in [1.165, 1.54) is 0 Å². The lowest BCUT2D eigenvalue weighted by molar-refractivity contribution is 0.163. The lowest BCUT2D eigenvalue weighted by Gasteiger charge is -2.16. The molecule has 0 aliphatic rings. The molecule has 0 spiro atoms. The Morgan fingerprint density at radius 3 is 2.83 bits per heavy atom. The quantitative estimate of drug-likeness (QED) is 0.741. The van der Waals surface area contributed by atoms with Gasteiger partial charge in [-0.05, 0) is 23.0 Å². The Morgan fingerprint density at radius 1 is 1.39 bits per heavy atom. The van der Waals surface area contributed by atoms with E-state index in [-0.39, 0.29) is 0 Å². The fourth-order valence-corrected chi connectivity index (χ4v) is 1.87. The molecule has 0 aromatic carbocycles. The van der Waals surface area contributed by atoms with Crippen molar-refractivity contribution in [3.05, 3.63) is 16.5 Å². The summed E-state index contributed by atoms with van der Waals surface area (Å²) in [6, 6.07) is 1.90. The first kappa shape index (κ1) is 15.3. The minimum absolute atomic E-state index is 0.759. The van der Waals surface area contributed by atoms with Crippen LogP contribution in [-0.4, -0.2) is 55.3 Å². The molecule has 1 N–H and O–H groups in total. The van der Waals surface area contributed by atoms with Gasteiger partial charge in [0.2, 0.25) is 0 Å². The van der Waals surface area contributed by atoms with E-state index < -0.39 is 0 Å². The Hall–Kier alpha value is -0.720. The molecule has 0 aliphatic carbocycles. The molecule has 18 heavy (non-hydrogen) atoms. The fraction of sp³-hybridized carbons (Fsp3) is 0.667. The van der Waals surface area contributed by atoms with Crippen molar-refractivity contribution < 1.29 is 4.74 Å². The van der Waals surface area contributed by atoms with Crippen LogP contribution in [0.5, 0.6) is 0 Å². The minimum Gasteiger partial charge on any atom is -0.383 e. The SMILES string of the molecule is CCc1nc(Br)cc(NCCN(C)CCOC)n1. The third kappa shape index (κ3) is 5.75. The van der Waals surface area contributed by atoms with E-state index in [9.17, 15) is 0 Å². The molecule has 102 valence electrons. The summed E-state index contributed by atoms with van der Waals surface area (Å²) in [6.45, 7) is 5.55. The highest BCUT2D eigenvalue weighted by Gasteiger charge is 2.02. The maximum atomic E-state index is 5.03. The van der Waals surface area contributed by atoms with E-state index in [4.69, 9.17) is 4.74 Å². The van der Waals surface area contributed by atoms with E-state index in [2.05, 4.69) is 43.2 Å². The van der Waals surface area contributed by atoms with Crippen LogP contribution in [0.1, 0.15) is 12.7 Å². The first-order valence-corrected chi connectivity index (χ1v) is 6.89. The van der Waals surface area contributed by atoms with Gasteiger partial charge in [0.1, 0.15) is 16.2 Å². The van der Waals surface area contributed by atoms with Crippen LogP contribution in [0.3, 0.4) is 0 Å². The standard InChI is InChI=1S/C12H21BrN4O/c1-4-11-15-10(13)9-12(16-11)14-5-6-17(2)7-8-18-3/h9H,4-8H2,1-3H3,(H,14,15,16). The molecule has 5 nitrogen and oxygen atoms in total. The summed E-state index contributed by atoms with van der Waals surface area (Å²) in [5, 5.41) is 3.30.